The van der Waals surface area contributed by atoms with Crippen molar-refractivity contribution in [2.75, 3.05) is 25.4 Å². The maximum Gasteiger partial charge on any atom is 0.243 e. The molecule has 1 aliphatic rings. The van der Waals surface area contributed by atoms with Gasteiger partial charge in [-0.3, -0.25) is 14.6 Å². The van der Waals surface area contributed by atoms with Crippen molar-refractivity contribution in [3.8, 4) is 0 Å². The third-order valence-electron chi connectivity index (χ3n) is 3.87. The number of nitrogens with zero attached hydrogens (tertiary/aromatic N) is 3. The normalized spacial score (nSPS) is 15.8. The second-order valence-electron chi connectivity index (χ2n) is 5.49. The largest absolute Gasteiger partial charge is 0.398 e. The number of nitrogens with two attached hydrogens (primary N) is 1. The second kappa shape index (κ2) is 6.11. The van der Waals surface area contributed by atoms with Crippen LogP contribution in [-0.2, 0) is 16.1 Å². The van der Waals surface area contributed by atoms with Crippen LogP contribution in [0.25, 0.3) is 0 Å². The maximum atomic E-state index is 12.2. The highest BCUT2D eigenvalue weighted by atomic mass is 16.2. The molecule has 0 spiro atoms. The molecule has 0 unspecified atom stereocenters. The third-order valence-corrected chi connectivity index (χ3v) is 3.87. The Morgan fingerprint density at radius 1 is 1.19 bits per heavy atom. The Morgan fingerprint density at radius 3 is 2.48 bits per heavy atom. The SMILES string of the molecule is CCCN1CC(=O)N(Cc2ncc(C)c(N)c2C)CC1=O. The number of aryl methyl sites for hydroxylation is 1. The Morgan fingerprint density at radius 2 is 1.81 bits per heavy atom. The fourth-order valence-corrected chi connectivity index (χ4v) is 2.45. The van der Waals surface area contributed by atoms with Crippen LogP contribution in [-0.4, -0.2) is 46.2 Å². The predicted molar refractivity (Wildman–Crippen MR) is 80.4 cm³/mol. The summed E-state index contributed by atoms with van der Waals surface area (Å²) >= 11 is 0. The van der Waals surface area contributed by atoms with E-state index in [1.54, 1.807) is 16.0 Å². The van der Waals surface area contributed by atoms with E-state index in [-0.39, 0.29) is 24.9 Å². The highest BCUT2D eigenvalue weighted by molar-refractivity contribution is 5.92. The molecule has 0 radical (unpaired) electrons. The van der Waals surface area contributed by atoms with Gasteiger partial charge in [-0.15, -0.1) is 0 Å². The lowest BCUT2D eigenvalue weighted by atomic mass is 10.1. The van der Waals surface area contributed by atoms with E-state index >= 15 is 0 Å². The van der Waals surface area contributed by atoms with Crippen LogP contribution in [0.3, 0.4) is 0 Å². The molecule has 0 bridgehead atoms. The Kier molecular flexibility index (Phi) is 4.45. The van der Waals surface area contributed by atoms with E-state index in [2.05, 4.69) is 4.98 Å². The van der Waals surface area contributed by atoms with E-state index in [4.69, 9.17) is 5.73 Å². The number of hydrogen-bond acceptors (Lipinski definition) is 4. The van der Waals surface area contributed by atoms with Gasteiger partial charge in [0.25, 0.3) is 0 Å². The van der Waals surface area contributed by atoms with Gasteiger partial charge in [0.1, 0.15) is 6.54 Å². The van der Waals surface area contributed by atoms with E-state index in [0.717, 1.165) is 23.2 Å². The molecule has 6 heteroatoms. The van der Waals surface area contributed by atoms with Crippen LogP contribution >= 0.6 is 0 Å². The zero-order chi connectivity index (χ0) is 15.6. The van der Waals surface area contributed by atoms with Gasteiger partial charge in [0.2, 0.25) is 11.8 Å². The summed E-state index contributed by atoms with van der Waals surface area (Å²) in [5, 5.41) is 0. The fourth-order valence-electron chi connectivity index (χ4n) is 2.45. The minimum absolute atomic E-state index is 0.00538. The van der Waals surface area contributed by atoms with Gasteiger partial charge in [-0.1, -0.05) is 6.92 Å². The van der Waals surface area contributed by atoms with Gasteiger partial charge in [-0.05, 0) is 31.4 Å². The van der Waals surface area contributed by atoms with Gasteiger partial charge in [0.15, 0.2) is 0 Å². The summed E-state index contributed by atoms with van der Waals surface area (Å²) in [6, 6.07) is 0. The van der Waals surface area contributed by atoms with E-state index in [0.29, 0.717) is 18.8 Å². The molecule has 1 fully saturated rings. The zero-order valence-electron chi connectivity index (χ0n) is 12.8. The molecule has 0 saturated carbocycles. The van der Waals surface area contributed by atoms with Gasteiger partial charge in [0, 0.05) is 18.4 Å². The fraction of sp³-hybridized carbons (Fsp3) is 0.533. The molecule has 2 rings (SSSR count). The van der Waals surface area contributed by atoms with Crippen molar-refractivity contribution in [1.82, 2.24) is 14.8 Å². The first kappa shape index (κ1) is 15.3. The van der Waals surface area contributed by atoms with Crippen LogP contribution in [0.15, 0.2) is 6.20 Å². The lowest BCUT2D eigenvalue weighted by molar-refractivity contribution is -0.150. The van der Waals surface area contributed by atoms with Crippen molar-refractivity contribution in [2.45, 2.75) is 33.7 Å². The number of pyridine rings is 1. The lowest BCUT2D eigenvalue weighted by Crippen LogP contribution is -2.53. The lowest BCUT2D eigenvalue weighted by Gasteiger charge is -2.33. The van der Waals surface area contributed by atoms with Gasteiger partial charge in [0.05, 0.1) is 18.8 Å². The molecule has 0 aromatic carbocycles. The van der Waals surface area contributed by atoms with Gasteiger partial charge >= 0.3 is 0 Å². The molecule has 21 heavy (non-hydrogen) atoms. The van der Waals surface area contributed by atoms with Crippen molar-refractivity contribution in [3.05, 3.63) is 23.0 Å². The first-order chi connectivity index (χ1) is 9.93. The molecule has 114 valence electrons. The summed E-state index contributed by atoms with van der Waals surface area (Å²) in [5.74, 6) is -0.0439. The number of amides is 2. The van der Waals surface area contributed by atoms with Crippen LogP contribution in [0.2, 0.25) is 0 Å². The molecular formula is C15H22N4O2. The van der Waals surface area contributed by atoms with E-state index in [1.807, 2.05) is 20.8 Å². The molecule has 2 heterocycles. The molecule has 2 N–H and O–H groups in total. The molecule has 2 amide bonds. The average Bonchev–Trinajstić information content (AvgIpc) is 2.45. The number of piperazine rings is 1. The second-order valence-corrected chi connectivity index (χ2v) is 5.49. The van der Waals surface area contributed by atoms with Crippen molar-refractivity contribution >= 4 is 17.5 Å². The van der Waals surface area contributed by atoms with Crippen LogP contribution < -0.4 is 5.73 Å². The minimum Gasteiger partial charge on any atom is -0.398 e. The number of rotatable bonds is 4. The molecule has 1 aromatic heterocycles. The van der Waals surface area contributed by atoms with Crippen molar-refractivity contribution in [3.63, 3.8) is 0 Å². The van der Waals surface area contributed by atoms with Crippen LogP contribution in [0, 0.1) is 13.8 Å². The molecule has 1 saturated heterocycles. The van der Waals surface area contributed by atoms with Crippen LogP contribution in [0.1, 0.15) is 30.2 Å². The Labute approximate surface area is 124 Å². The number of carbonyl (C=O) groups is 2. The quantitative estimate of drug-likeness (QED) is 0.892. The minimum atomic E-state index is -0.0385. The first-order valence-corrected chi connectivity index (χ1v) is 7.20. The number of carbonyl (C=O) groups excluding carboxylic acids is 2. The van der Waals surface area contributed by atoms with Crippen molar-refractivity contribution in [2.24, 2.45) is 0 Å². The molecular weight excluding hydrogens is 268 g/mol. The van der Waals surface area contributed by atoms with Crippen LogP contribution in [0.4, 0.5) is 5.69 Å². The monoisotopic (exact) mass is 290 g/mol. The average molecular weight is 290 g/mol. The summed E-state index contributed by atoms with van der Waals surface area (Å²) in [5.41, 5.74) is 9.25. The van der Waals surface area contributed by atoms with E-state index < -0.39 is 0 Å². The Balaban J connectivity index is 2.12. The smallest absolute Gasteiger partial charge is 0.243 e. The molecule has 0 atom stereocenters. The van der Waals surface area contributed by atoms with Gasteiger partial charge in [-0.2, -0.15) is 0 Å². The summed E-state index contributed by atoms with van der Waals surface area (Å²) < 4.78 is 0. The highest BCUT2D eigenvalue weighted by Crippen LogP contribution is 2.20. The standard InChI is InChI=1S/C15H22N4O2/c1-4-5-18-8-14(21)19(9-13(18)20)7-12-11(3)15(16)10(2)6-17-12/h6H,4-5,7-9H2,1-3H3,(H2,16,17). The summed E-state index contributed by atoms with van der Waals surface area (Å²) in [6.45, 7) is 7.03. The van der Waals surface area contributed by atoms with Gasteiger partial charge < -0.3 is 15.5 Å². The molecule has 0 aliphatic carbocycles. The Hall–Kier alpha value is -2.11. The number of hydrogen-bond donors (Lipinski definition) is 1. The Bertz CT molecular complexity index is 571. The van der Waals surface area contributed by atoms with Gasteiger partial charge in [-0.25, -0.2) is 0 Å². The number of aromatic nitrogens is 1. The highest BCUT2D eigenvalue weighted by Gasteiger charge is 2.29. The molecule has 1 aromatic rings. The van der Waals surface area contributed by atoms with E-state index in [1.165, 1.54) is 0 Å². The number of nitrogen functional groups attached to an aromatic ring is 1. The van der Waals surface area contributed by atoms with E-state index in [9.17, 15) is 9.59 Å². The summed E-state index contributed by atoms with van der Waals surface area (Å²) in [7, 11) is 0. The topological polar surface area (TPSA) is 79.5 Å². The first-order valence-electron chi connectivity index (χ1n) is 7.20. The summed E-state index contributed by atoms with van der Waals surface area (Å²) in [4.78, 5) is 31.7. The predicted octanol–water partition coefficient (Wildman–Crippen LogP) is 0.861. The maximum absolute atomic E-state index is 12.2. The summed E-state index contributed by atoms with van der Waals surface area (Å²) in [6.07, 6.45) is 2.56. The molecule has 6 nitrogen and oxygen atoms in total. The van der Waals surface area contributed by atoms with Crippen molar-refractivity contribution < 1.29 is 9.59 Å². The third kappa shape index (κ3) is 3.15. The van der Waals surface area contributed by atoms with Crippen LogP contribution in [0.5, 0.6) is 0 Å². The molecule has 1 aliphatic heterocycles. The zero-order valence-corrected chi connectivity index (χ0v) is 12.8. The van der Waals surface area contributed by atoms with Crippen molar-refractivity contribution in [1.29, 1.82) is 0 Å². The number of anilines is 1.